The highest BCUT2D eigenvalue weighted by atomic mass is 79.9. The van der Waals surface area contributed by atoms with E-state index in [0.29, 0.717) is 5.56 Å². The summed E-state index contributed by atoms with van der Waals surface area (Å²) in [5, 5.41) is -0.00713. The summed E-state index contributed by atoms with van der Waals surface area (Å²) in [4.78, 5) is 11.1. The van der Waals surface area contributed by atoms with E-state index in [0.717, 1.165) is 6.07 Å². The van der Waals surface area contributed by atoms with Crippen molar-refractivity contribution in [3.63, 3.8) is 0 Å². The number of carbonyl (C=O) groups excluding carboxylic acids is 1. The topological polar surface area (TPSA) is 17.1 Å². The predicted molar refractivity (Wildman–Crippen MR) is 49.2 cm³/mol. The molecule has 0 atom stereocenters. The van der Waals surface area contributed by atoms with Crippen molar-refractivity contribution in [1.29, 1.82) is 0 Å². The van der Waals surface area contributed by atoms with Crippen molar-refractivity contribution in [2.75, 3.05) is 5.33 Å². The van der Waals surface area contributed by atoms with Crippen molar-refractivity contribution >= 4 is 21.7 Å². The minimum Gasteiger partial charge on any atom is -0.293 e. The van der Waals surface area contributed by atoms with E-state index in [-0.39, 0.29) is 10.9 Å². The second-order valence-electron chi connectivity index (χ2n) is 2.67. The second-order valence-corrected chi connectivity index (χ2v) is 3.23. The monoisotopic (exact) mass is 248 g/mol. The fraction of sp³-hybridized carbons (Fsp3) is 0.222. The van der Waals surface area contributed by atoms with Crippen molar-refractivity contribution in [3.05, 3.63) is 34.9 Å². The third-order valence-electron chi connectivity index (χ3n) is 1.59. The summed E-state index contributed by atoms with van der Waals surface area (Å²) in [5.74, 6) is -2.51. The predicted octanol–water partition coefficient (Wildman–Crippen LogP) is 2.85. The third kappa shape index (κ3) is 2.12. The Balaban J connectivity index is 3.28. The molecule has 1 rings (SSSR count). The molecule has 0 aliphatic carbocycles. The molecule has 0 N–H and O–H groups in total. The van der Waals surface area contributed by atoms with Crippen LogP contribution in [0.1, 0.15) is 15.9 Å². The van der Waals surface area contributed by atoms with Crippen molar-refractivity contribution in [3.8, 4) is 0 Å². The fourth-order valence-electron chi connectivity index (χ4n) is 0.999. The molecule has 0 saturated carbocycles. The maximum Gasteiger partial charge on any atom is 0.176 e. The van der Waals surface area contributed by atoms with Crippen LogP contribution in [0.3, 0.4) is 0 Å². The molecule has 0 aliphatic heterocycles. The molecular weight excluding hydrogens is 242 g/mol. The fourth-order valence-corrected chi connectivity index (χ4v) is 1.30. The quantitative estimate of drug-likeness (QED) is 0.581. The van der Waals surface area contributed by atoms with Crippen molar-refractivity contribution in [2.24, 2.45) is 0 Å². The van der Waals surface area contributed by atoms with Crippen LogP contribution in [0.15, 0.2) is 12.1 Å². The van der Waals surface area contributed by atoms with Gasteiger partial charge < -0.3 is 0 Å². The number of Topliss-reactive ketones (excluding diaryl/α,β-unsaturated/α-hetero) is 1. The standard InChI is InChI=1S/C9H7BrF2O/c1-5-2-6(8(13)4-10)9(12)7(11)3-5/h2-3H,4H2,1H3. The number of halogens is 3. The number of rotatable bonds is 2. The largest absolute Gasteiger partial charge is 0.293 e. The van der Waals surface area contributed by atoms with Gasteiger partial charge in [0, 0.05) is 0 Å². The molecule has 0 spiro atoms. The van der Waals surface area contributed by atoms with Crippen molar-refractivity contribution in [1.82, 2.24) is 0 Å². The third-order valence-corrected chi connectivity index (χ3v) is 2.10. The minimum absolute atomic E-state index is 0.00713. The van der Waals surface area contributed by atoms with Gasteiger partial charge in [-0.15, -0.1) is 0 Å². The molecule has 0 fully saturated rings. The Morgan fingerprint density at radius 3 is 2.62 bits per heavy atom. The van der Waals surface area contributed by atoms with E-state index in [1.54, 1.807) is 6.92 Å². The van der Waals surface area contributed by atoms with Gasteiger partial charge in [0.05, 0.1) is 10.9 Å². The molecule has 0 aromatic heterocycles. The molecule has 0 aliphatic rings. The summed E-state index contributed by atoms with van der Waals surface area (Å²) in [6.45, 7) is 1.60. The Morgan fingerprint density at radius 1 is 1.46 bits per heavy atom. The van der Waals surface area contributed by atoms with Gasteiger partial charge in [0.15, 0.2) is 17.4 Å². The van der Waals surface area contributed by atoms with Gasteiger partial charge in [-0.3, -0.25) is 4.79 Å². The molecule has 0 radical (unpaired) electrons. The summed E-state index contributed by atoms with van der Waals surface area (Å²) < 4.78 is 25.8. The highest BCUT2D eigenvalue weighted by Crippen LogP contribution is 2.15. The van der Waals surface area contributed by atoms with Gasteiger partial charge in [0.1, 0.15) is 0 Å². The zero-order valence-electron chi connectivity index (χ0n) is 6.90. The highest BCUT2D eigenvalue weighted by Gasteiger charge is 2.14. The SMILES string of the molecule is Cc1cc(F)c(F)c(C(=O)CBr)c1. The molecule has 13 heavy (non-hydrogen) atoms. The van der Waals surface area contributed by atoms with Crippen LogP contribution in [-0.4, -0.2) is 11.1 Å². The smallest absolute Gasteiger partial charge is 0.176 e. The zero-order valence-corrected chi connectivity index (χ0v) is 8.49. The lowest BCUT2D eigenvalue weighted by atomic mass is 10.1. The Kier molecular flexibility index (Phi) is 3.14. The first-order valence-electron chi connectivity index (χ1n) is 3.61. The average molecular weight is 249 g/mol. The second kappa shape index (κ2) is 3.96. The molecule has 4 heteroatoms. The van der Waals surface area contributed by atoms with Gasteiger partial charge >= 0.3 is 0 Å². The van der Waals surface area contributed by atoms with E-state index in [1.807, 2.05) is 0 Å². The molecule has 1 aromatic carbocycles. The number of aryl methyl sites for hydroxylation is 1. The van der Waals surface area contributed by atoms with Crippen LogP contribution < -0.4 is 0 Å². The van der Waals surface area contributed by atoms with Crippen LogP contribution in [0.25, 0.3) is 0 Å². The average Bonchev–Trinajstić information content (AvgIpc) is 2.10. The van der Waals surface area contributed by atoms with E-state index in [9.17, 15) is 13.6 Å². The van der Waals surface area contributed by atoms with Crippen LogP contribution in [0.4, 0.5) is 8.78 Å². The first-order valence-corrected chi connectivity index (χ1v) is 4.73. The summed E-state index contributed by atoms with van der Waals surface area (Å²) in [6.07, 6.45) is 0. The molecule has 1 aromatic rings. The van der Waals surface area contributed by atoms with Gasteiger partial charge in [-0.2, -0.15) is 0 Å². The van der Waals surface area contributed by atoms with Crippen LogP contribution >= 0.6 is 15.9 Å². The van der Waals surface area contributed by atoms with Crippen molar-refractivity contribution in [2.45, 2.75) is 6.92 Å². The number of ketones is 1. The van der Waals surface area contributed by atoms with Gasteiger partial charge in [0.2, 0.25) is 0 Å². The molecule has 70 valence electrons. The maximum atomic E-state index is 13.0. The van der Waals surface area contributed by atoms with Gasteiger partial charge in [0.25, 0.3) is 0 Å². The lowest BCUT2D eigenvalue weighted by Gasteiger charge is -2.02. The molecule has 0 amide bonds. The highest BCUT2D eigenvalue weighted by molar-refractivity contribution is 9.09. The normalized spacial score (nSPS) is 10.2. The Morgan fingerprint density at radius 2 is 2.08 bits per heavy atom. The first kappa shape index (κ1) is 10.3. The van der Waals surface area contributed by atoms with Crippen LogP contribution in [0.5, 0.6) is 0 Å². The summed E-state index contributed by atoms with van der Waals surface area (Å²) in [7, 11) is 0. The van der Waals surface area contributed by atoms with E-state index < -0.39 is 17.4 Å². The van der Waals surface area contributed by atoms with Gasteiger partial charge in [-0.1, -0.05) is 15.9 Å². The number of alkyl halides is 1. The zero-order chi connectivity index (χ0) is 10.0. The lowest BCUT2D eigenvalue weighted by Crippen LogP contribution is -2.05. The number of carbonyl (C=O) groups is 1. The number of benzene rings is 1. The van der Waals surface area contributed by atoms with Crippen LogP contribution in [-0.2, 0) is 0 Å². The van der Waals surface area contributed by atoms with E-state index in [2.05, 4.69) is 15.9 Å². The number of hydrogen-bond donors (Lipinski definition) is 0. The van der Waals surface area contributed by atoms with Crippen LogP contribution in [0, 0.1) is 18.6 Å². The summed E-state index contributed by atoms with van der Waals surface area (Å²) in [6, 6.07) is 2.39. The lowest BCUT2D eigenvalue weighted by molar-refractivity contribution is 0.101. The maximum absolute atomic E-state index is 13.0. The summed E-state index contributed by atoms with van der Waals surface area (Å²) >= 11 is 2.90. The number of hydrogen-bond acceptors (Lipinski definition) is 1. The molecule has 0 bridgehead atoms. The van der Waals surface area contributed by atoms with Crippen molar-refractivity contribution < 1.29 is 13.6 Å². The van der Waals surface area contributed by atoms with Crippen LogP contribution in [0.2, 0.25) is 0 Å². The molecule has 0 saturated heterocycles. The Labute approximate surface area is 82.9 Å². The first-order chi connectivity index (χ1) is 6.06. The summed E-state index contributed by atoms with van der Waals surface area (Å²) in [5.41, 5.74) is 0.331. The molecule has 0 unspecified atom stereocenters. The molecular formula is C9H7BrF2O. The minimum atomic E-state index is -1.07. The molecule has 1 nitrogen and oxygen atoms in total. The van der Waals surface area contributed by atoms with Gasteiger partial charge in [-0.25, -0.2) is 8.78 Å². The molecule has 0 heterocycles. The Bertz CT molecular complexity index is 350. The van der Waals surface area contributed by atoms with Gasteiger partial charge in [-0.05, 0) is 24.6 Å². The van der Waals surface area contributed by atoms with E-state index >= 15 is 0 Å². The van der Waals surface area contributed by atoms with E-state index in [4.69, 9.17) is 0 Å². The Hall–Kier alpha value is -0.770. The van der Waals surface area contributed by atoms with E-state index in [1.165, 1.54) is 6.07 Å².